The lowest BCUT2D eigenvalue weighted by molar-refractivity contribution is -0.182. The third-order valence-corrected chi connectivity index (χ3v) is 4.57. The van der Waals surface area contributed by atoms with Crippen LogP contribution in [0.2, 0.25) is 0 Å². The van der Waals surface area contributed by atoms with Gasteiger partial charge >= 0.3 is 0 Å². The minimum absolute atomic E-state index is 0.397. The Morgan fingerprint density at radius 3 is 2.31 bits per heavy atom. The number of fused-ring (bicyclic) bond motifs is 1. The number of nitrogens with one attached hydrogen (secondary N) is 1. The van der Waals surface area contributed by atoms with Crippen LogP contribution in [-0.2, 0) is 16.0 Å². The van der Waals surface area contributed by atoms with Crippen LogP contribution in [0.15, 0.2) is 47.1 Å². The highest BCUT2D eigenvalue weighted by Gasteiger charge is 2.21. The summed E-state index contributed by atoms with van der Waals surface area (Å²) in [7, 11) is 3.30. The van der Waals surface area contributed by atoms with Crippen molar-refractivity contribution in [2.45, 2.75) is 33.1 Å². The Morgan fingerprint density at radius 1 is 0.966 bits per heavy atom. The molecule has 0 spiro atoms. The number of hydrogen-bond donors (Lipinski definition) is 1. The van der Waals surface area contributed by atoms with Crippen molar-refractivity contribution in [3.05, 3.63) is 53.8 Å². The fourth-order valence-corrected chi connectivity index (χ4v) is 3.23. The van der Waals surface area contributed by atoms with E-state index in [0.717, 1.165) is 45.7 Å². The molecule has 29 heavy (non-hydrogen) atoms. The van der Waals surface area contributed by atoms with Crippen molar-refractivity contribution < 1.29 is 23.4 Å². The first-order valence-electron chi connectivity index (χ1n) is 9.97. The van der Waals surface area contributed by atoms with Crippen LogP contribution in [0.4, 0.5) is 5.69 Å². The number of ether oxygens (including phenoxy) is 4. The summed E-state index contributed by atoms with van der Waals surface area (Å²) in [5.74, 6) is 1.53. The zero-order chi connectivity index (χ0) is 20.6. The fourth-order valence-electron chi connectivity index (χ4n) is 3.23. The van der Waals surface area contributed by atoms with Crippen LogP contribution in [0, 0.1) is 0 Å². The first-order chi connectivity index (χ1) is 14.3. The van der Waals surface area contributed by atoms with Gasteiger partial charge in [0.1, 0.15) is 17.1 Å². The molecule has 0 radical (unpaired) electrons. The molecule has 156 valence electrons. The lowest BCUT2D eigenvalue weighted by Gasteiger charge is -2.24. The molecule has 4 rings (SSSR count). The highest BCUT2D eigenvalue weighted by Crippen LogP contribution is 2.33. The molecule has 6 nitrogen and oxygen atoms in total. The highest BCUT2D eigenvalue weighted by molar-refractivity contribution is 5.84. The molecule has 1 N–H and O–H groups in total. The van der Waals surface area contributed by atoms with Gasteiger partial charge < -0.3 is 28.7 Å². The Balaban J connectivity index is 0.00000117. The molecule has 2 heterocycles. The molecule has 0 saturated carbocycles. The second-order valence-corrected chi connectivity index (χ2v) is 6.41. The van der Waals surface area contributed by atoms with Gasteiger partial charge in [0.15, 0.2) is 6.29 Å². The van der Waals surface area contributed by atoms with E-state index in [1.807, 2.05) is 44.2 Å². The van der Waals surface area contributed by atoms with E-state index in [2.05, 4.69) is 11.4 Å². The first kappa shape index (κ1) is 21.0. The van der Waals surface area contributed by atoms with Crippen molar-refractivity contribution in [1.29, 1.82) is 0 Å². The standard InChI is InChI=1S/C21H23NO5.C2H6/c1-23-17-8-14(9-18(12-17)24-2)13-22-16-10-15-4-7-25-20(15)19(11-16)21-26-5-3-6-27-21;1-2/h4,7-12,21-22H,3,5-6,13H2,1-2H3;1-2H3. The Labute approximate surface area is 171 Å². The lowest BCUT2D eigenvalue weighted by Crippen LogP contribution is -2.18. The van der Waals surface area contributed by atoms with Crippen LogP contribution in [0.25, 0.3) is 11.0 Å². The van der Waals surface area contributed by atoms with E-state index in [4.69, 9.17) is 23.4 Å². The van der Waals surface area contributed by atoms with Crippen molar-refractivity contribution in [2.24, 2.45) is 0 Å². The molecular formula is C23H29NO5. The summed E-state index contributed by atoms with van der Waals surface area (Å²) in [4.78, 5) is 0. The van der Waals surface area contributed by atoms with Gasteiger partial charge in [-0.15, -0.1) is 0 Å². The first-order valence-corrected chi connectivity index (χ1v) is 9.97. The highest BCUT2D eigenvalue weighted by atomic mass is 16.7. The predicted molar refractivity (Wildman–Crippen MR) is 114 cm³/mol. The number of rotatable bonds is 6. The SMILES string of the molecule is CC.COc1cc(CNc2cc(C3OCCCO3)c3occc3c2)cc(OC)c1. The molecule has 3 aromatic rings. The predicted octanol–water partition coefficient (Wildman–Crippen LogP) is 5.52. The van der Waals surface area contributed by atoms with E-state index in [-0.39, 0.29) is 0 Å². The van der Waals surface area contributed by atoms with Crippen molar-refractivity contribution in [1.82, 2.24) is 0 Å². The molecule has 1 aromatic heterocycles. The average Bonchev–Trinajstić information content (AvgIpc) is 3.27. The molecule has 0 amide bonds. The maximum absolute atomic E-state index is 5.78. The summed E-state index contributed by atoms with van der Waals surface area (Å²) >= 11 is 0. The van der Waals surface area contributed by atoms with Gasteiger partial charge in [0.2, 0.25) is 0 Å². The van der Waals surface area contributed by atoms with Gasteiger partial charge in [-0.2, -0.15) is 0 Å². The summed E-state index contributed by atoms with van der Waals surface area (Å²) in [5.41, 5.74) is 3.74. The average molecular weight is 399 g/mol. The number of benzene rings is 2. The summed E-state index contributed by atoms with van der Waals surface area (Å²) in [6, 6.07) is 11.9. The second kappa shape index (κ2) is 10.2. The normalized spacial score (nSPS) is 14.2. The van der Waals surface area contributed by atoms with Gasteiger partial charge in [0, 0.05) is 23.7 Å². The molecule has 1 aliphatic rings. The smallest absolute Gasteiger partial charge is 0.187 e. The Hall–Kier alpha value is -2.70. The van der Waals surface area contributed by atoms with Crippen LogP contribution in [0.5, 0.6) is 11.5 Å². The number of methoxy groups -OCH3 is 2. The van der Waals surface area contributed by atoms with Crippen LogP contribution in [-0.4, -0.2) is 27.4 Å². The third kappa shape index (κ3) is 5.02. The zero-order valence-electron chi connectivity index (χ0n) is 17.5. The summed E-state index contributed by atoms with van der Waals surface area (Å²) < 4.78 is 27.9. The van der Waals surface area contributed by atoms with E-state index in [9.17, 15) is 0 Å². The molecule has 0 unspecified atom stereocenters. The van der Waals surface area contributed by atoms with Crippen LogP contribution in [0.3, 0.4) is 0 Å². The van der Waals surface area contributed by atoms with Gasteiger partial charge in [-0.05, 0) is 42.3 Å². The molecule has 1 fully saturated rings. The fraction of sp³-hybridized carbons (Fsp3) is 0.391. The van der Waals surface area contributed by atoms with E-state index >= 15 is 0 Å². The second-order valence-electron chi connectivity index (χ2n) is 6.41. The number of hydrogen-bond acceptors (Lipinski definition) is 6. The molecule has 6 heteroatoms. The monoisotopic (exact) mass is 399 g/mol. The summed E-state index contributed by atoms with van der Waals surface area (Å²) in [5, 5.41) is 4.47. The largest absolute Gasteiger partial charge is 0.497 e. The molecule has 0 atom stereocenters. The van der Waals surface area contributed by atoms with E-state index in [1.165, 1.54) is 0 Å². The van der Waals surface area contributed by atoms with E-state index in [1.54, 1.807) is 20.5 Å². The maximum Gasteiger partial charge on any atom is 0.187 e. The summed E-state index contributed by atoms with van der Waals surface area (Å²) in [6.07, 6.45) is 2.20. The Kier molecular flexibility index (Phi) is 7.38. The zero-order valence-corrected chi connectivity index (χ0v) is 17.5. The Bertz CT molecular complexity index is 893. The van der Waals surface area contributed by atoms with Crippen molar-refractivity contribution in [3.63, 3.8) is 0 Å². The van der Waals surface area contributed by atoms with Gasteiger partial charge in [-0.25, -0.2) is 0 Å². The van der Waals surface area contributed by atoms with E-state index in [0.29, 0.717) is 19.8 Å². The number of furan rings is 1. The van der Waals surface area contributed by atoms with Crippen LogP contribution >= 0.6 is 0 Å². The van der Waals surface area contributed by atoms with Crippen molar-refractivity contribution >= 4 is 16.7 Å². The van der Waals surface area contributed by atoms with Gasteiger partial charge in [0.05, 0.1) is 39.3 Å². The molecule has 1 aliphatic heterocycles. The van der Waals surface area contributed by atoms with Crippen molar-refractivity contribution in [2.75, 3.05) is 32.8 Å². The molecule has 2 aromatic carbocycles. The molecule has 1 saturated heterocycles. The topological polar surface area (TPSA) is 62.1 Å². The summed E-state index contributed by atoms with van der Waals surface area (Å²) in [6.45, 7) is 6.00. The maximum atomic E-state index is 5.78. The van der Waals surface area contributed by atoms with Crippen LogP contribution < -0.4 is 14.8 Å². The molecular weight excluding hydrogens is 370 g/mol. The lowest BCUT2D eigenvalue weighted by atomic mass is 10.1. The minimum Gasteiger partial charge on any atom is -0.497 e. The van der Waals surface area contributed by atoms with Gasteiger partial charge in [-0.3, -0.25) is 0 Å². The van der Waals surface area contributed by atoms with Crippen molar-refractivity contribution in [3.8, 4) is 11.5 Å². The third-order valence-electron chi connectivity index (χ3n) is 4.57. The van der Waals surface area contributed by atoms with Gasteiger partial charge in [0.25, 0.3) is 0 Å². The van der Waals surface area contributed by atoms with Gasteiger partial charge in [-0.1, -0.05) is 13.8 Å². The quantitative estimate of drug-likeness (QED) is 0.588. The minimum atomic E-state index is -0.397. The van der Waals surface area contributed by atoms with Crippen LogP contribution in [0.1, 0.15) is 37.7 Å². The molecule has 0 bridgehead atoms. The van der Waals surface area contributed by atoms with E-state index < -0.39 is 6.29 Å². The molecule has 0 aliphatic carbocycles. The number of anilines is 1. The Morgan fingerprint density at radius 2 is 1.66 bits per heavy atom.